The van der Waals surface area contributed by atoms with Gasteiger partial charge in [-0.1, -0.05) is 35.5 Å². The Bertz CT molecular complexity index is 794. The Hall–Kier alpha value is -2.96. The fourth-order valence-electron chi connectivity index (χ4n) is 2.39. The predicted molar refractivity (Wildman–Crippen MR) is 87.5 cm³/mol. The summed E-state index contributed by atoms with van der Waals surface area (Å²) in [6.45, 7) is 3.03. The first-order valence-corrected chi connectivity index (χ1v) is 7.91. The Morgan fingerprint density at radius 3 is 2.88 bits per heavy atom. The highest BCUT2D eigenvalue weighted by Gasteiger charge is 2.12. The number of aromatic nitrogens is 4. The standard InChI is InChI=1S/C17H19N5O2/c1-2-22-14(8-11-19-22)17(23)18-10-9-16-20-15(21-24-16)12-13-6-4-3-5-7-13/h3-8,11H,2,9-10,12H2,1H3,(H,18,23). The third kappa shape index (κ3) is 3.87. The highest BCUT2D eigenvalue weighted by atomic mass is 16.5. The number of aryl methyl sites for hydroxylation is 1. The lowest BCUT2D eigenvalue weighted by molar-refractivity contribution is 0.0942. The molecule has 2 aromatic heterocycles. The molecule has 0 spiro atoms. The van der Waals surface area contributed by atoms with Gasteiger partial charge in [-0.15, -0.1) is 0 Å². The molecular formula is C17H19N5O2. The molecule has 0 saturated heterocycles. The molecule has 1 aromatic carbocycles. The second kappa shape index (κ2) is 7.54. The number of carbonyl (C=O) groups excluding carboxylic acids is 1. The van der Waals surface area contributed by atoms with Gasteiger partial charge in [0.15, 0.2) is 5.82 Å². The van der Waals surface area contributed by atoms with Crippen LogP contribution in [-0.4, -0.2) is 32.4 Å². The molecule has 0 radical (unpaired) electrons. The van der Waals surface area contributed by atoms with Crippen molar-refractivity contribution in [2.24, 2.45) is 0 Å². The van der Waals surface area contributed by atoms with E-state index in [1.165, 1.54) is 0 Å². The third-order valence-electron chi connectivity index (χ3n) is 3.59. The SMILES string of the molecule is CCn1nccc1C(=O)NCCc1nc(Cc2ccccc2)no1. The molecule has 0 aliphatic heterocycles. The maximum absolute atomic E-state index is 12.1. The number of hydrogen-bond donors (Lipinski definition) is 1. The Kier molecular flexibility index (Phi) is 5.00. The van der Waals surface area contributed by atoms with Gasteiger partial charge in [0, 0.05) is 32.1 Å². The molecule has 0 fully saturated rings. The Labute approximate surface area is 139 Å². The molecule has 0 aliphatic carbocycles. The lowest BCUT2D eigenvalue weighted by atomic mass is 10.1. The molecule has 7 heteroatoms. The summed E-state index contributed by atoms with van der Waals surface area (Å²) in [5.74, 6) is 1.01. The minimum atomic E-state index is -0.154. The van der Waals surface area contributed by atoms with Crippen LogP contribution in [0.5, 0.6) is 0 Å². The summed E-state index contributed by atoms with van der Waals surface area (Å²) in [4.78, 5) is 16.4. The van der Waals surface area contributed by atoms with Gasteiger partial charge in [0.2, 0.25) is 5.89 Å². The van der Waals surface area contributed by atoms with E-state index in [4.69, 9.17) is 4.52 Å². The summed E-state index contributed by atoms with van der Waals surface area (Å²) in [6, 6.07) is 11.7. The van der Waals surface area contributed by atoms with Crippen LogP contribution in [-0.2, 0) is 19.4 Å². The van der Waals surface area contributed by atoms with Crippen LogP contribution >= 0.6 is 0 Å². The number of rotatable bonds is 7. The topological polar surface area (TPSA) is 85.8 Å². The van der Waals surface area contributed by atoms with Crippen LogP contribution in [0.3, 0.4) is 0 Å². The van der Waals surface area contributed by atoms with E-state index in [1.54, 1.807) is 16.9 Å². The molecule has 0 aliphatic rings. The number of amides is 1. The maximum atomic E-state index is 12.1. The fraction of sp³-hybridized carbons (Fsp3) is 0.294. The van der Waals surface area contributed by atoms with Crippen LogP contribution in [0.25, 0.3) is 0 Å². The molecule has 7 nitrogen and oxygen atoms in total. The zero-order valence-corrected chi connectivity index (χ0v) is 13.5. The molecule has 3 rings (SSSR count). The Morgan fingerprint density at radius 2 is 2.08 bits per heavy atom. The quantitative estimate of drug-likeness (QED) is 0.716. The van der Waals surface area contributed by atoms with Crippen LogP contribution in [0.1, 0.15) is 34.7 Å². The summed E-state index contributed by atoms with van der Waals surface area (Å²) in [5, 5.41) is 10.9. The summed E-state index contributed by atoms with van der Waals surface area (Å²) >= 11 is 0. The van der Waals surface area contributed by atoms with Crippen molar-refractivity contribution >= 4 is 5.91 Å². The second-order valence-electron chi connectivity index (χ2n) is 5.30. The van der Waals surface area contributed by atoms with Gasteiger partial charge in [0.05, 0.1) is 0 Å². The van der Waals surface area contributed by atoms with Gasteiger partial charge in [0.1, 0.15) is 5.69 Å². The number of nitrogens with one attached hydrogen (secondary N) is 1. The van der Waals surface area contributed by atoms with Gasteiger partial charge in [-0.2, -0.15) is 10.1 Å². The van der Waals surface area contributed by atoms with Gasteiger partial charge in [0.25, 0.3) is 5.91 Å². The van der Waals surface area contributed by atoms with Crippen molar-refractivity contribution in [3.8, 4) is 0 Å². The first kappa shape index (κ1) is 15.9. The summed E-state index contributed by atoms with van der Waals surface area (Å²) in [6.07, 6.45) is 2.74. The Balaban J connectivity index is 1.50. The lowest BCUT2D eigenvalue weighted by Crippen LogP contribution is -2.28. The largest absolute Gasteiger partial charge is 0.350 e. The van der Waals surface area contributed by atoms with Gasteiger partial charge < -0.3 is 9.84 Å². The summed E-state index contributed by atoms with van der Waals surface area (Å²) in [5.41, 5.74) is 1.68. The molecule has 0 bridgehead atoms. The smallest absolute Gasteiger partial charge is 0.269 e. The van der Waals surface area contributed by atoms with Gasteiger partial charge in [-0.3, -0.25) is 9.48 Å². The zero-order valence-electron chi connectivity index (χ0n) is 13.5. The molecule has 124 valence electrons. The molecule has 1 N–H and O–H groups in total. The molecular weight excluding hydrogens is 306 g/mol. The third-order valence-corrected chi connectivity index (χ3v) is 3.59. The molecule has 0 unspecified atom stereocenters. The Morgan fingerprint density at radius 1 is 1.25 bits per heavy atom. The average molecular weight is 325 g/mol. The number of benzene rings is 1. The van der Waals surface area contributed by atoms with Crippen molar-refractivity contribution < 1.29 is 9.32 Å². The van der Waals surface area contributed by atoms with E-state index in [1.807, 2.05) is 37.3 Å². The molecule has 3 aromatic rings. The van der Waals surface area contributed by atoms with Gasteiger partial charge in [-0.05, 0) is 18.6 Å². The molecule has 24 heavy (non-hydrogen) atoms. The van der Waals surface area contributed by atoms with Crippen molar-refractivity contribution in [1.29, 1.82) is 0 Å². The van der Waals surface area contributed by atoms with Crippen molar-refractivity contribution in [3.63, 3.8) is 0 Å². The highest BCUT2D eigenvalue weighted by Crippen LogP contribution is 2.07. The van der Waals surface area contributed by atoms with Crippen LogP contribution in [0.4, 0.5) is 0 Å². The van der Waals surface area contributed by atoms with Crippen LogP contribution < -0.4 is 5.32 Å². The van der Waals surface area contributed by atoms with Crippen molar-refractivity contribution in [1.82, 2.24) is 25.2 Å². The van der Waals surface area contributed by atoms with Crippen LogP contribution in [0.15, 0.2) is 47.1 Å². The van der Waals surface area contributed by atoms with Gasteiger partial charge in [-0.25, -0.2) is 0 Å². The van der Waals surface area contributed by atoms with Crippen molar-refractivity contribution in [3.05, 3.63) is 65.6 Å². The molecule has 0 saturated carbocycles. The van der Waals surface area contributed by atoms with E-state index in [9.17, 15) is 4.79 Å². The van der Waals surface area contributed by atoms with E-state index in [2.05, 4.69) is 20.6 Å². The van der Waals surface area contributed by atoms with Crippen molar-refractivity contribution in [2.45, 2.75) is 26.3 Å². The minimum absolute atomic E-state index is 0.154. The lowest BCUT2D eigenvalue weighted by Gasteiger charge is -2.05. The minimum Gasteiger partial charge on any atom is -0.350 e. The van der Waals surface area contributed by atoms with E-state index in [-0.39, 0.29) is 5.91 Å². The number of carbonyl (C=O) groups is 1. The van der Waals surface area contributed by atoms with E-state index >= 15 is 0 Å². The fourth-order valence-corrected chi connectivity index (χ4v) is 2.39. The summed E-state index contributed by atoms with van der Waals surface area (Å²) < 4.78 is 6.88. The normalized spacial score (nSPS) is 10.7. The first-order chi connectivity index (χ1) is 11.8. The van der Waals surface area contributed by atoms with Gasteiger partial charge >= 0.3 is 0 Å². The zero-order chi connectivity index (χ0) is 16.8. The average Bonchev–Trinajstić information content (AvgIpc) is 3.25. The molecule has 2 heterocycles. The maximum Gasteiger partial charge on any atom is 0.269 e. The highest BCUT2D eigenvalue weighted by molar-refractivity contribution is 5.92. The van der Waals surface area contributed by atoms with Crippen molar-refractivity contribution in [2.75, 3.05) is 6.54 Å². The predicted octanol–water partition coefficient (Wildman–Crippen LogP) is 1.85. The van der Waals surface area contributed by atoms with Crippen LogP contribution in [0, 0.1) is 0 Å². The molecule has 1 amide bonds. The van der Waals surface area contributed by atoms with E-state index in [0.717, 1.165) is 5.56 Å². The van der Waals surface area contributed by atoms with Crippen LogP contribution in [0.2, 0.25) is 0 Å². The second-order valence-corrected chi connectivity index (χ2v) is 5.30. The number of hydrogen-bond acceptors (Lipinski definition) is 5. The first-order valence-electron chi connectivity index (χ1n) is 7.91. The monoisotopic (exact) mass is 325 g/mol. The van der Waals surface area contributed by atoms with E-state index < -0.39 is 0 Å². The number of nitrogens with zero attached hydrogens (tertiary/aromatic N) is 4. The molecule has 0 atom stereocenters. The van der Waals surface area contributed by atoms with E-state index in [0.29, 0.717) is 43.3 Å². The summed E-state index contributed by atoms with van der Waals surface area (Å²) in [7, 11) is 0.